The van der Waals surface area contributed by atoms with Gasteiger partial charge in [-0.25, -0.2) is 0 Å². The van der Waals surface area contributed by atoms with Crippen molar-refractivity contribution in [3.8, 4) is 0 Å². The molecule has 0 bridgehead atoms. The Morgan fingerprint density at radius 2 is 1.56 bits per heavy atom. The Kier molecular flexibility index (Phi) is 5.71. The van der Waals surface area contributed by atoms with Crippen molar-refractivity contribution in [1.29, 1.82) is 0 Å². The van der Waals surface area contributed by atoms with Crippen LogP contribution in [0, 0.1) is 5.41 Å². The van der Waals surface area contributed by atoms with Crippen LogP contribution in [0.25, 0.3) is 0 Å². The van der Waals surface area contributed by atoms with Gasteiger partial charge in [-0.15, -0.1) is 0 Å². The third-order valence-electron chi connectivity index (χ3n) is 2.44. The number of unbranched alkanes of at least 4 members (excludes halogenated alkanes) is 1. The Labute approximate surface area is 100 Å². The van der Waals surface area contributed by atoms with Gasteiger partial charge in [-0.05, 0) is 39.0 Å². The first kappa shape index (κ1) is 16.1. The van der Waals surface area contributed by atoms with Crippen molar-refractivity contribution in [2.75, 3.05) is 6.61 Å². The van der Waals surface area contributed by atoms with Gasteiger partial charge in [-0.3, -0.25) is 4.57 Å². The molecular weight excluding hydrogens is 223 g/mol. The summed E-state index contributed by atoms with van der Waals surface area (Å²) < 4.78 is 16.8. The molecule has 0 saturated carbocycles. The van der Waals surface area contributed by atoms with Gasteiger partial charge >= 0.3 is 7.60 Å². The third-order valence-corrected chi connectivity index (χ3v) is 4.66. The minimum Gasteiger partial charge on any atom is -0.324 e. The van der Waals surface area contributed by atoms with Crippen molar-refractivity contribution in [3.05, 3.63) is 0 Å². The van der Waals surface area contributed by atoms with Gasteiger partial charge in [0.05, 0.1) is 11.8 Å². The lowest BCUT2D eigenvalue weighted by Crippen LogP contribution is -2.16. The topological polar surface area (TPSA) is 46.5 Å². The number of hydrogen-bond acceptors (Lipinski definition) is 2. The molecule has 0 radical (unpaired) electrons. The summed E-state index contributed by atoms with van der Waals surface area (Å²) in [6.07, 6.45) is 2.99. The monoisotopic (exact) mass is 250 g/mol. The summed E-state index contributed by atoms with van der Waals surface area (Å²) >= 11 is 0. The largest absolute Gasteiger partial charge is 0.333 e. The summed E-state index contributed by atoms with van der Waals surface area (Å²) in [6.45, 7) is 12.1. The molecule has 3 nitrogen and oxygen atoms in total. The Bertz CT molecular complexity index is 248. The standard InChI is InChI=1S/C12H27O3P/c1-11(2,3)9-7-8-10-15-16(13,14)12(4,5)6/h7-10H2,1-6H3,(H,13,14). The SMILES string of the molecule is CC(C)(C)CCCCOP(=O)(O)C(C)(C)C. The van der Waals surface area contributed by atoms with Crippen molar-refractivity contribution in [2.45, 2.75) is 66.0 Å². The van der Waals surface area contributed by atoms with Crippen LogP contribution in [0.5, 0.6) is 0 Å². The van der Waals surface area contributed by atoms with Gasteiger partial charge in [0, 0.05) is 0 Å². The molecule has 0 aliphatic carbocycles. The second kappa shape index (κ2) is 5.66. The molecule has 0 heterocycles. The molecule has 0 rings (SSSR count). The van der Waals surface area contributed by atoms with Crippen LogP contribution in [0.2, 0.25) is 0 Å². The molecule has 0 aliphatic rings. The van der Waals surface area contributed by atoms with E-state index >= 15 is 0 Å². The van der Waals surface area contributed by atoms with Crippen LogP contribution in [0.4, 0.5) is 0 Å². The normalized spacial score (nSPS) is 17.2. The van der Waals surface area contributed by atoms with Crippen LogP contribution in [0.15, 0.2) is 0 Å². The van der Waals surface area contributed by atoms with Gasteiger partial charge in [0.15, 0.2) is 0 Å². The highest BCUT2D eigenvalue weighted by atomic mass is 31.2. The first-order chi connectivity index (χ1) is 6.96. The molecule has 0 aromatic rings. The lowest BCUT2D eigenvalue weighted by atomic mass is 9.90. The molecule has 0 fully saturated rings. The molecule has 4 heteroatoms. The zero-order valence-corrected chi connectivity index (χ0v) is 12.4. The molecular formula is C12H27O3P. The minimum atomic E-state index is -3.46. The molecule has 0 aliphatic heterocycles. The average Bonchev–Trinajstić information content (AvgIpc) is 1.98. The van der Waals surface area contributed by atoms with E-state index in [4.69, 9.17) is 4.52 Å². The van der Waals surface area contributed by atoms with E-state index in [-0.39, 0.29) is 0 Å². The number of hydrogen-bond donors (Lipinski definition) is 1. The molecule has 1 unspecified atom stereocenters. The predicted octanol–water partition coefficient (Wildman–Crippen LogP) is 4.20. The number of rotatable bonds is 5. The van der Waals surface area contributed by atoms with Gasteiger partial charge in [-0.2, -0.15) is 0 Å². The second-order valence-electron chi connectivity index (χ2n) is 6.54. The Hall–Kier alpha value is 0.150. The van der Waals surface area contributed by atoms with E-state index in [1.165, 1.54) is 0 Å². The molecule has 16 heavy (non-hydrogen) atoms. The van der Waals surface area contributed by atoms with Gasteiger partial charge < -0.3 is 9.42 Å². The highest BCUT2D eigenvalue weighted by Gasteiger charge is 2.35. The van der Waals surface area contributed by atoms with Crippen molar-refractivity contribution in [3.63, 3.8) is 0 Å². The molecule has 0 aromatic heterocycles. The van der Waals surface area contributed by atoms with Gasteiger partial charge in [0.25, 0.3) is 0 Å². The molecule has 0 amide bonds. The molecule has 0 aromatic carbocycles. The fraction of sp³-hybridized carbons (Fsp3) is 1.00. The van der Waals surface area contributed by atoms with Gasteiger partial charge in [-0.1, -0.05) is 27.2 Å². The van der Waals surface area contributed by atoms with E-state index < -0.39 is 12.8 Å². The smallest absolute Gasteiger partial charge is 0.324 e. The van der Waals surface area contributed by atoms with E-state index in [1.54, 1.807) is 20.8 Å². The first-order valence-corrected chi connectivity index (χ1v) is 7.51. The van der Waals surface area contributed by atoms with E-state index in [2.05, 4.69) is 20.8 Å². The second-order valence-corrected chi connectivity index (χ2v) is 9.18. The maximum Gasteiger partial charge on any atom is 0.333 e. The maximum absolute atomic E-state index is 11.7. The summed E-state index contributed by atoms with van der Waals surface area (Å²) in [5, 5.41) is -0.684. The molecule has 98 valence electrons. The zero-order chi connectivity index (χ0) is 13.0. The lowest BCUT2D eigenvalue weighted by molar-refractivity contribution is 0.230. The van der Waals surface area contributed by atoms with Crippen LogP contribution in [0.1, 0.15) is 60.8 Å². The molecule has 1 N–H and O–H groups in total. The quantitative estimate of drug-likeness (QED) is 0.587. The fourth-order valence-corrected chi connectivity index (χ4v) is 1.90. The fourth-order valence-electron chi connectivity index (χ4n) is 1.14. The van der Waals surface area contributed by atoms with Crippen LogP contribution in [-0.4, -0.2) is 16.7 Å². The van der Waals surface area contributed by atoms with Crippen molar-refractivity contribution >= 4 is 7.60 Å². The molecule has 0 spiro atoms. The highest BCUT2D eigenvalue weighted by molar-refractivity contribution is 7.54. The van der Waals surface area contributed by atoms with E-state index in [9.17, 15) is 9.46 Å². The Balaban J connectivity index is 3.80. The van der Waals surface area contributed by atoms with Crippen molar-refractivity contribution in [2.24, 2.45) is 5.41 Å². The zero-order valence-electron chi connectivity index (χ0n) is 11.5. The third kappa shape index (κ3) is 6.67. The summed E-state index contributed by atoms with van der Waals surface area (Å²) in [7, 11) is -3.46. The van der Waals surface area contributed by atoms with Crippen LogP contribution in [-0.2, 0) is 9.09 Å². The highest BCUT2D eigenvalue weighted by Crippen LogP contribution is 2.54. The maximum atomic E-state index is 11.7. The molecule has 1 atom stereocenters. The van der Waals surface area contributed by atoms with E-state index in [0.717, 1.165) is 19.3 Å². The van der Waals surface area contributed by atoms with Gasteiger partial charge in [0.2, 0.25) is 0 Å². The minimum absolute atomic E-state index is 0.326. The Morgan fingerprint density at radius 3 is 1.94 bits per heavy atom. The molecule has 0 saturated heterocycles. The van der Waals surface area contributed by atoms with E-state index in [1.807, 2.05) is 0 Å². The summed E-state index contributed by atoms with van der Waals surface area (Å²) in [5.41, 5.74) is 0.326. The van der Waals surface area contributed by atoms with Crippen molar-refractivity contribution < 1.29 is 14.0 Å². The van der Waals surface area contributed by atoms with Crippen molar-refractivity contribution in [1.82, 2.24) is 0 Å². The average molecular weight is 250 g/mol. The van der Waals surface area contributed by atoms with E-state index in [0.29, 0.717) is 12.0 Å². The van der Waals surface area contributed by atoms with Gasteiger partial charge in [0.1, 0.15) is 0 Å². The first-order valence-electron chi connectivity index (χ1n) is 5.93. The van der Waals surface area contributed by atoms with Crippen LogP contribution in [0.3, 0.4) is 0 Å². The Morgan fingerprint density at radius 1 is 1.06 bits per heavy atom. The lowest BCUT2D eigenvalue weighted by Gasteiger charge is -2.25. The summed E-state index contributed by atoms with van der Waals surface area (Å²) in [6, 6.07) is 0. The summed E-state index contributed by atoms with van der Waals surface area (Å²) in [4.78, 5) is 9.64. The summed E-state index contributed by atoms with van der Waals surface area (Å²) in [5.74, 6) is 0. The van der Waals surface area contributed by atoms with Crippen LogP contribution >= 0.6 is 7.60 Å². The van der Waals surface area contributed by atoms with Crippen LogP contribution < -0.4 is 0 Å². The predicted molar refractivity (Wildman–Crippen MR) is 68.8 cm³/mol.